The van der Waals surface area contributed by atoms with Crippen molar-refractivity contribution in [3.8, 4) is 0 Å². The van der Waals surface area contributed by atoms with Gasteiger partial charge in [0, 0.05) is 0 Å². The summed E-state index contributed by atoms with van der Waals surface area (Å²) in [6.07, 6.45) is 3.54. The third-order valence-corrected chi connectivity index (χ3v) is 2.32. The monoisotopic (exact) mass is 167 g/mol. The average Bonchev–Trinajstić information content (AvgIpc) is 2.13. The minimum Gasteiger partial charge on any atom is -0.304 e. The fourth-order valence-electron chi connectivity index (χ4n) is 1.47. The Kier molecular flexibility index (Phi) is 7.68. The molecule has 12 heavy (non-hydrogen) atoms. The molecule has 1 fully saturated rings. The van der Waals surface area contributed by atoms with Crippen molar-refractivity contribution in [2.24, 2.45) is 5.92 Å². The molecule has 0 amide bonds. The van der Waals surface area contributed by atoms with Crippen molar-refractivity contribution in [3.63, 3.8) is 0 Å². The Morgan fingerprint density at radius 2 is 1.75 bits per heavy atom. The minimum absolute atomic E-state index is 0.814. The summed E-state index contributed by atoms with van der Waals surface area (Å²) in [5.41, 5.74) is 0. The second-order valence-corrected chi connectivity index (χ2v) is 3.31. The number of rotatable bonds is 2. The summed E-state index contributed by atoms with van der Waals surface area (Å²) in [5, 5.41) is 0. The lowest BCUT2D eigenvalue weighted by Crippen LogP contribution is -2.33. The summed E-state index contributed by atoms with van der Waals surface area (Å²) in [6.45, 7) is 9.95. The molecule has 2 radical (unpaired) electrons. The first-order chi connectivity index (χ1) is 5.83. The lowest BCUT2D eigenvalue weighted by Gasteiger charge is -2.29. The zero-order valence-corrected chi connectivity index (χ0v) is 8.84. The van der Waals surface area contributed by atoms with Crippen molar-refractivity contribution in [2.75, 3.05) is 19.6 Å². The van der Waals surface area contributed by atoms with Gasteiger partial charge in [-0.05, 0) is 38.4 Å². The van der Waals surface area contributed by atoms with Gasteiger partial charge in [-0.3, -0.25) is 0 Å². The van der Waals surface area contributed by atoms with Crippen LogP contribution in [-0.4, -0.2) is 32.4 Å². The van der Waals surface area contributed by atoms with Gasteiger partial charge in [0.15, 0.2) is 0 Å². The molecule has 1 aliphatic rings. The van der Waals surface area contributed by atoms with Crippen LogP contribution in [-0.2, 0) is 0 Å². The molecule has 1 nitrogen and oxygen atoms in total. The van der Waals surface area contributed by atoms with E-state index >= 15 is 0 Å². The number of likely N-dealkylation sites (tertiary alicyclic amines) is 1. The second-order valence-electron chi connectivity index (χ2n) is 3.31. The predicted octanol–water partition coefficient (Wildman–Crippen LogP) is 2.33. The van der Waals surface area contributed by atoms with Crippen LogP contribution < -0.4 is 0 Å². The summed E-state index contributed by atoms with van der Waals surface area (Å²) < 4.78 is 0. The van der Waals surface area contributed by atoms with Crippen molar-refractivity contribution in [1.82, 2.24) is 4.90 Å². The Morgan fingerprint density at radius 1 is 1.25 bits per heavy atom. The SMILES string of the molecule is CC.[B]CCN1CCC(C)CC1. The molecule has 1 aliphatic heterocycles. The molecule has 0 aromatic carbocycles. The quantitative estimate of drug-likeness (QED) is 0.570. The molecule has 0 aromatic heterocycles. The molecule has 1 rings (SSSR count). The number of piperidine rings is 1. The molecule has 0 spiro atoms. The fourth-order valence-corrected chi connectivity index (χ4v) is 1.47. The highest BCUT2D eigenvalue weighted by molar-refractivity contribution is 6.08. The van der Waals surface area contributed by atoms with E-state index in [4.69, 9.17) is 7.85 Å². The molecule has 70 valence electrons. The van der Waals surface area contributed by atoms with Crippen LogP contribution in [0.4, 0.5) is 0 Å². The maximum atomic E-state index is 5.45. The molecule has 0 atom stereocenters. The van der Waals surface area contributed by atoms with Gasteiger partial charge in [0.2, 0.25) is 0 Å². The van der Waals surface area contributed by atoms with Crippen LogP contribution in [0, 0.1) is 5.92 Å². The Bertz CT molecular complexity index is 87.8. The van der Waals surface area contributed by atoms with Crippen molar-refractivity contribution in [2.45, 2.75) is 39.9 Å². The molecule has 0 N–H and O–H groups in total. The van der Waals surface area contributed by atoms with Gasteiger partial charge in [-0.2, -0.15) is 0 Å². The topological polar surface area (TPSA) is 3.24 Å². The summed E-state index contributed by atoms with van der Waals surface area (Å²) in [5.74, 6) is 0.939. The van der Waals surface area contributed by atoms with Crippen LogP contribution in [0.5, 0.6) is 0 Å². The Morgan fingerprint density at radius 3 is 2.17 bits per heavy atom. The van der Waals surface area contributed by atoms with Crippen molar-refractivity contribution in [1.29, 1.82) is 0 Å². The van der Waals surface area contributed by atoms with E-state index < -0.39 is 0 Å². The molecular weight excluding hydrogens is 145 g/mol. The van der Waals surface area contributed by atoms with E-state index in [-0.39, 0.29) is 0 Å². The summed E-state index contributed by atoms with van der Waals surface area (Å²) in [4.78, 5) is 2.46. The Balaban J connectivity index is 0.000000561. The molecule has 0 saturated carbocycles. The summed E-state index contributed by atoms with van der Waals surface area (Å²) in [6, 6.07) is 0. The van der Waals surface area contributed by atoms with Gasteiger partial charge in [-0.1, -0.05) is 27.1 Å². The van der Waals surface area contributed by atoms with Crippen LogP contribution >= 0.6 is 0 Å². The molecule has 0 aliphatic carbocycles. The number of hydrogen-bond acceptors (Lipinski definition) is 1. The molecule has 1 heterocycles. The Hall–Kier alpha value is 0.0249. The van der Waals surface area contributed by atoms with Crippen molar-refractivity contribution >= 4 is 7.85 Å². The van der Waals surface area contributed by atoms with Crippen LogP contribution in [0.25, 0.3) is 0 Å². The maximum Gasteiger partial charge on any atom is 0.0670 e. The minimum atomic E-state index is 0.814. The van der Waals surface area contributed by atoms with E-state index in [1.807, 2.05) is 13.8 Å². The second kappa shape index (κ2) is 7.66. The van der Waals surface area contributed by atoms with E-state index in [2.05, 4.69) is 11.8 Å². The predicted molar refractivity (Wildman–Crippen MR) is 56.7 cm³/mol. The van der Waals surface area contributed by atoms with Crippen molar-refractivity contribution < 1.29 is 0 Å². The molecular formula is C10H22BN. The van der Waals surface area contributed by atoms with Crippen LogP contribution in [0.15, 0.2) is 0 Å². The van der Waals surface area contributed by atoms with E-state index in [9.17, 15) is 0 Å². The fraction of sp³-hybridized carbons (Fsp3) is 1.00. The molecule has 0 unspecified atom stereocenters. The molecule has 0 bridgehead atoms. The molecule has 0 aromatic rings. The molecule has 2 heteroatoms. The van der Waals surface area contributed by atoms with E-state index in [0.29, 0.717) is 0 Å². The first kappa shape index (κ1) is 12.0. The number of hydrogen-bond donors (Lipinski definition) is 0. The standard InChI is InChI=1S/C8H16BN.C2H6/c1-8-2-5-10(6-3-8)7-4-9;1-2/h8H,2-7H2,1H3;1-2H3. The first-order valence-corrected chi connectivity index (χ1v) is 5.25. The average molecular weight is 167 g/mol. The Labute approximate surface area is 78.9 Å². The highest BCUT2D eigenvalue weighted by Crippen LogP contribution is 2.15. The highest BCUT2D eigenvalue weighted by atomic mass is 15.1. The van der Waals surface area contributed by atoms with Gasteiger partial charge in [-0.15, -0.1) is 0 Å². The lowest BCUT2D eigenvalue weighted by molar-refractivity contribution is 0.201. The zero-order chi connectivity index (χ0) is 9.40. The third-order valence-electron chi connectivity index (χ3n) is 2.32. The van der Waals surface area contributed by atoms with Gasteiger partial charge in [0.25, 0.3) is 0 Å². The first-order valence-electron chi connectivity index (χ1n) is 5.25. The van der Waals surface area contributed by atoms with Gasteiger partial charge < -0.3 is 4.90 Å². The van der Waals surface area contributed by atoms with Gasteiger partial charge >= 0.3 is 0 Å². The van der Waals surface area contributed by atoms with E-state index in [1.165, 1.54) is 25.9 Å². The van der Waals surface area contributed by atoms with Crippen LogP contribution in [0.2, 0.25) is 6.32 Å². The summed E-state index contributed by atoms with van der Waals surface area (Å²) >= 11 is 0. The maximum absolute atomic E-state index is 5.45. The number of nitrogens with zero attached hydrogens (tertiary/aromatic N) is 1. The zero-order valence-electron chi connectivity index (χ0n) is 8.84. The van der Waals surface area contributed by atoms with Gasteiger partial charge in [-0.25, -0.2) is 0 Å². The van der Waals surface area contributed by atoms with Gasteiger partial charge in [0.05, 0.1) is 7.85 Å². The third kappa shape index (κ3) is 4.81. The smallest absolute Gasteiger partial charge is 0.0670 e. The van der Waals surface area contributed by atoms with Gasteiger partial charge in [0.1, 0.15) is 0 Å². The van der Waals surface area contributed by atoms with E-state index in [0.717, 1.165) is 18.8 Å². The van der Waals surface area contributed by atoms with Crippen molar-refractivity contribution in [3.05, 3.63) is 0 Å². The van der Waals surface area contributed by atoms with E-state index in [1.54, 1.807) is 0 Å². The normalized spacial score (nSPS) is 19.9. The van der Waals surface area contributed by atoms with Crippen LogP contribution in [0.1, 0.15) is 33.6 Å². The highest BCUT2D eigenvalue weighted by Gasteiger charge is 2.13. The lowest BCUT2D eigenvalue weighted by atomic mass is 9.97. The molecule has 1 saturated heterocycles. The van der Waals surface area contributed by atoms with Crippen LogP contribution in [0.3, 0.4) is 0 Å². The summed E-state index contributed by atoms with van der Waals surface area (Å²) in [7, 11) is 5.45. The largest absolute Gasteiger partial charge is 0.304 e.